The first-order chi connectivity index (χ1) is 13.5. The number of aromatic nitrogens is 2. The zero-order valence-electron chi connectivity index (χ0n) is 16.2. The van der Waals surface area contributed by atoms with Crippen molar-refractivity contribution >= 4 is 10.0 Å². The van der Waals surface area contributed by atoms with Crippen LogP contribution in [0.4, 0.5) is 0 Å². The molecule has 1 heterocycles. The molecule has 0 amide bonds. The van der Waals surface area contributed by atoms with E-state index in [4.69, 9.17) is 4.74 Å². The fourth-order valence-electron chi connectivity index (χ4n) is 3.04. The molecule has 0 bridgehead atoms. The van der Waals surface area contributed by atoms with Crippen LogP contribution in [0.3, 0.4) is 0 Å². The molecule has 0 unspecified atom stereocenters. The molecule has 0 saturated heterocycles. The van der Waals surface area contributed by atoms with Crippen molar-refractivity contribution in [2.75, 3.05) is 13.7 Å². The Hall–Kier alpha value is -2.64. The molecule has 0 aliphatic carbocycles. The molecule has 0 saturated carbocycles. The lowest BCUT2D eigenvalue weighted by Crippen LogP contribution is -2.33. The van der Waals surface area contributed by atoms with E-state index in [1.165, 1.54) is 4.31 Å². The molecule has 28 heavy (non-hydrogen) atoms. The first-order valence-electron chi connectivity index (χ1n) is 9.23. The summed E-state index contributed by atoms with van der Waals surface area (Å²) in [6.45, 7) is 3.34. The average molecular weight is 400 g/mol. The minimum Gasteiger partial charge on any atom is -0.497 e. The normalized spacial score (nSPS) is 11.7. The van der Waals surface area contributed by atoms with Gasteiger partial charge in [0.1, 0.15) is 5.75 Å². The summed E-state index contributed by atoms with van der Waals surface area (Å²) in [6, 6.07) is 18.3. The molecule has 0 N–H and O–H groups in total. The van der Waals surface area contributed by atoms with Gasteiger partial charge in [-0.3, -0.25) is 4.68 Å². The quantitative estimate of drug-likeness (QED) is 0.554. The van der Waals surface area contributed by atoms with Crippen LogP contribution >= 0.6 is 0 Å². The Morgan fingerprint density at radius 2 is 1.75 bits per heavy atom. The lowest BCUT2D eigenvalue weighted by Gasteiger charge is -2.23. The number of rotatable bonds is 9. The fourth-order valence-corrected chi connectivity index (χ4v) is 4.45. The van der Waals surface area contributed by atoms with Crippen molar-refractivity contribution < 1.29 is 13.2 Å². The lowest BCUT2D eigenvalue weighted by atomic mass is 10.1. The highest BCUT2D eigenvalue weighted by Gasteiger charge is 2.25. The Balaban J connectivity index is 1.89. The molecule has 0 fully saturated rings. The number of aryl methyl sites for hydroxylation is 1. The van der Waals surface area contributed by atoms with Crippen molar-refractivity contribution in [1.82, 2.24) is 14.1 Å². The van der Waals surface area contributed by atoms with Gasteiger partial charge in [-0.05, 0) is 49.2 Å². The maximum Gasteiger partial charge on any atom is 0.243 e. The molecule has 1 aromatic heterocycles. The van der Waals surface area contributed by atoms with Gasteiger partial charge in [0.2, 0.25) is 10.0 Å². The third-order valence-electron chi connectivity index (χ3n) is 4.63. The molecule has 148 valence electrons. The van der Waals surface area contributed by atoms with Gasteiger partial charge in [0, 0.05) is 19.3 Å². The van der Waals surface area contributed by atoms with Gasteiger partial charge >= 0.3 is 0 Å². The first kappa shape index (κ1) is 20.1. The molecule has 6 nitrogen and oxygen atoms in total. The number of nitrogens with zero attached hydrogens (tertiary/aromatic N) is 3. The Kier molecular flexibility index (Phi) is 6.49. The number of hydrogen-bond acceptors (Lipinski definition) is 4. The van der Waals surface area contributed by atoms with Crippen LogP contribution in [0.15, 0.2) is 71.8 Å². The largest absolute Gasteiger partial charge is 0.497 e. The van der Waals surface area contributed by atoms with Gasteiger partial charge in [0.15, 0.2) is 0 Å². The van der Waals surface area contributed by atoms with Crippen LogP contribution in [0.5, 0.6) is 5.75 Å². The first-order valence-corrected chi connectivity index (χ1v) is 10.7. The molecule has 0 aliphatic heterocycles. The van der Waals surface area contributed by atoms with Crippen molar-refractivity contribution in [3.63, 3.8) is 0 Å². The maximum atomic E-state index is 13.3. The van der Waals surface area contributed by atoms with Gasteiger partial charge in [-0.2, -0.15) is 9.40 Å². The van der Waals surface area contributed by atoms with Crippen LogP contribution in [0, 0.1) is 0 Å². The van der Waals surface area contributed by atoms with E-state index < -0.39 is 10.0 Å². The highest BCUT2D eigenvalue weighted by Crippen LogP contribution is 2.22. The molecule has 0 aliphatic rings. The van der Waals surface area contributed by atoms with Gasteiger partial charge in [-0.15, -0.1) is 0 Å². The molecule has 7 heteroatoms. The van der Waals surface area contributed by atoms with Crippen molar-refractivity contribution in [1.29, 1.82) is 0 Å². The minimum atomic E-state index is -3.66. The number of hydrogen-bond donors (Lipinski definition) is 0. The topological polar surface area (TPSA) is 64.4 Å². The van der Waals surface area contributed by atoms with E-state index in [1.807, 2.05) is 48.0 Å². The van der Waals surface area contributed by atoms with E-state index in [2.05, 4.69) is 5.10 Å². The van der Waals surface area contributed by atoms with Crippen LogP contribution < -0.4 is 4.74 Å². The summed E-state index contributed by atoms with van der Waals surface area (Å²) in [5.74, 6) is 0.624. The molecule has 3 aromatic rings. The molecule has 0 atom stereocenters. The van der Waals surface area contributed by atoms with Gasteiger partial charge < -0.3 is 4.74 Å². The van der Waals surface area contributed by atoms with Gasteiger partial charge in [-0.25, -0.2) is 8.42 Å². The summed E-state index contributed by atoms with van der Waals surface area (Å²) in [7, 11) is -2.10. The van der Waals surface area contributed by atoms with E-state index in [0.29, 0.717) is 25.3 Å². The van der Waals surface area contributed by atoms with Crippen molar-refractivity contribution in [2.45, 2.75) is 31.3 Å². The summed E-state index contributed by atoms with van der Waals surface area (Å²) in [5.41, 5.74) is 1.97. The average Bonchev–Trinajstić information content (AvgIpc) is 3.19. The number of methoxy groups -OCH3 is 1. The molecule has 2 aromatic carbocycles. The van der Waals surface area contributed by atoms with Crippen LogP contribution in [0.2, 0.25) is 0 Å². The summed E-state index contributed by atoms with van der Waals surface area (Å²) in [6.07, 6.45) is 2.34. The number of benzene rings is 2. The van der Waals surface area contributed by atoms with Gasteiger partial charge in [0.05, 0.1) is 24.2 Å². The van der Waals surface area contributed by atoms with Crippen LogP contribution in [-0.4, -0.2) is 36.2 Å². The van der Waals surface area contributed by atoms with Gasteiger partial charge in [0.25, 0.3) is 0 Å². The smallest absolute Gasteiger partial charge is 0.243 e. The van der Waals surface area contributed by atoms with E-state index in [-0.39, 0.29) is 11.4 Å². The highest BCUT2D eigenvalue weighted by atomic mass is 32.2. The highest BCUT2D eigenvalue weighted by molar-refractivity contribution is 7.89. The summed E-state index contributed by atoms with van der Waals surface area (Å²) in [4.78, 5) is 0.254. The Labute approximate surface area is 166 Å². The summed E-state index contributed by atoms with van der Waals surface area (Å²) >= 11 is 0. The fraction of sp³-hybridized carbons (Fsp3) is 0.286. The predicted octanol–water partition coefficient (Wildman–Crippen LogP) is 3.35. The van der Waals surface area contributed by atoms with Crippen LogP contribution in [0.1, 0.15) is 18.2 Å². The zero-order valence-corrected chi connectivity index (χ0v) is 17.0. The second-order valence-corrected chi connectivity index (χ2v) is 8.33. The molecular weight excluding hydrogens is 374 g/mol. The Morgan fingerprint density at radius 3 is 2.39 bits per heavy atom. The second kappa shape index (κ2) is 9.03. The van der Waals surface area contributed by atoms with Crippen molar-refractivity contribution in [2.24, 2.45) is 0 Å². The number of sulfonamides is 1. The Bertz CT molecular complexity index is 983. The molecular formula is C21H25N3O3S. The lowest BCUT2D eigenvalue weighted by molar-refractivity contribution is 0.394. The summed E-state index contributed by atoms with van der Waals surface area (Å²) < 4.78 is 35.1. The van der Waals surface area contributed by atoms with Crippen molar-refractivity contribution in [3.8, 4) is 5.75 Å². The van der Waals surface area contributed by atoms with Crippen LogP contribution in [-0.2, 0) is 29.5 Å². The monoisotopic (exact) mass is 399 g/mol. The predicted molar refractivity (Wildman–Crippen MR) is 109 cm³/mol. The van der Waals surface area contributed by atoms with E-state index in [1.54, 1.807) is 37.6 Å². The third kappa shape index (κ3) is 4.61. The molecule has 3 rings (SSSR count). The zero-order chi connectivity index (χ0) is 20.0. The van der Waals surface area contributed by atoms with E-state index in [9.17, 15) is 8.42 Å². The van der Waals surface area contributed by atoms with E-state index >= 15 is 0 Å². The molecule has 0 spiro atoms. The number of ether oxygens (including phenoxy) is 1. The standard InChI is InChI=1S/C21H25N3O3S/c1-3-24-19(13-15-22-24)17-23(16-14-18-7-5-4-6-8-18)28(25,26)21-11-9-20(27-2)10-12-21/h4-13,15H,3,14,16-17H2,1-2H3. The second-order valence-electron chi connectivity index (χ2n) is 6.39. The SMILES string of the molecule is CCn1nccc1CN(CCc1ccccc1)S(=O)(=O)c1ccc(OC)cc1. The van der Waals surface area contributed by atoms with Crippen LogP contribution in [0.25, 0.3) is 0 Å². The van der Waals surface area contributed by atoms with Gasteiger partial charge in [-0.1, -0.05) is 30.3 Å². The molecule has 0 radical (unpaired) electrons. The van der Waals surface area contributed by atoms with Crippen molar-refractivity contribution in [3.05, 3.63) is 78.1 Å². The Morgan fingerprint density at radius 1 is 1.04 bits per heavy atom. The minimum absolute atomic E-state index is 0.254. The third-order valence-corrected chi connectivity index (χ3v) is 6.49. The summed E-state index contributed by atoms with van der Waals surface area (Å²) in [5, 5.41) is 4.26. The maximum absolute atomic E-state index is 13.3. The van der Waals surface area contributed by atoms with E-state index in [0.717, 1.165) is 11.3 Å².